The first-order valence-electron chi connectivity index (χ1n) is 8.86. The number of nitrogens with zero attached hydrogens (tertiary/aromatic N) is 4. The van der Waals surface area contributed by atoms with Crippen LogP contribution >= 0.6 is 0 Å². The first kappa shape index (κ1) is 16.2. The summed E-state index contributed by atoms with van der Waals surface area (Å²) < 4.78 is 7.55. The van der Waals surface area contributed by atoms with E-state index in [4.69, 9.17) is 4.52 Å². The van der Waals surface area contributed by atoms with E-state index in [1.54, 1.807) is 0 Å². The van der Waals surface area contributed by atoms with Crippen LogP contribution in [0.25, 0.3) is 0 Å². The highest BCUT2D eigenvalue weighted by molar-refractivity contribution is 5.25. The number of fused-ring (bicyclic) bond motifs is 1. The van der Waals surface area contributed by atoms with Gasteiger partial charge in [0.05, 0.1) is 12.2 Å². The zero-order valence-electron chi connectivity index (χ0n) is 14.4. The van der Waals surface area contributed by atoms with E-state index in [1.165, 1.54) is 17.7 Å². The van der Waals surface area contributed by atoms with E-state index in [2.05, 4.69) is 46.0 Å². The summed E-state index contributed by atoms with van der Waals surface area (Å²) in [7, 11) is 0. The molecule has 0 saturated carbocycles. The average Bonchev–Trinajstić information content (AvgIpc) is 3.20. The lowest BCUT2D eigenvalue weighted by molar-refractivity contribution is 0.311. The van der Waals surface area contributed by atoms with Gasteiger partial charge >= 0.3 is 0 Å². The third-order valence-corrected chi connectivity index (χ3v) is 4.62. The van der Waals surface area contributed by atoms with Crippen molar-refractivity contribution in [2.24, 2.45) is 0 Å². The number of aromatic nitrogens is 4. The van der Waals surface area contributed by atoms with Crippen LogP contribution in [0.4, 0.5) is 0 Å². The predicted octanol–water partition coefficient (Wildman–Crippen LogP) is 3.36. The summed E-state index contributed by atoms with van der Waals surface area (Å²) in [5.74, 6) is 1.50. The van der Waals surface area contributed by atoms with Crippen LogP contribution in [0.3, 0.4) is 0 Å². The molecule has 126 valence electrons. The fourth-order valence-corrected chi connectivity index (χ4v) is 3.32. The highest BCUT2D eigenvalue weighted by Crippen LogP contribution is 2.31. The Morgan fingerprint density at radius 2 is 2.30 bits per heavy atom. The van der Waals surface area contributed by atoms with Gasteiger partial charge < -0.3 is 4.52 Å². The molecule has 0 fully saturated rings. The van der Waals surface area contributed by atoms with Gasteiger partial charge in [0.2, 0.25) is 5.89 Å². The molecule has 0 aliphatic heterocycles. The van der Waals surface area contributed by atoms with Crippen molar-refractivity contribution >= 4 is 0 Å². The van der Waals surface area contributed by atoms with Gasteiger partial charge in [0, 0.05) is 30.3 Å². The van der Waals surface area contributed by atoms with Crippen molar-refractivity contribution in [1.82, 2.24) is 25.2 Å². The molecule has 0 saturated heterocycles. The van der Waals surface area contributed by atoms with Gasteiger partial charge in [0.15, 0.2) is 5.82 Å². The zero-order valence-corrected chi connectivity index (χ0v) is 14.4. The standard InChI is InChI=1S/C17H27N5O/c1-4-6-10-16-20-17(23-21-16)12(3)19-14-8-7-9-15-13(14)11-18-22(15)5-2/h11-12,14,19H,4-10H2,1-3H3/t12-,14-/m0/s1. The molecule has 0 spiro atoms. The van der Waals surface area contributed by atoms with Gasteiger partial charge in [-0.25, -0.2) is 0 Å². The number of nitrogens with one attached hydrogen (secondary N) is 1. The summed E-state index contributed by atoms with van der Waals surface area (Å²) in [6.07, 6.45) is 8.59. The maximum Gasteiger partial charge on any atom is 0.243 e. The van der Waals surface area contributed by atoms with Crippen LogP contribution in [0.15, 0.2) is 10.7 Å². The van der Waals surface area contributed by atoms with Gasteiger partial charge in [-0.3, -0.25) is 10.00 Å². The van der Waals surface area contributed by atoms with Gasteiger partial charge in [-0.2, -0.15) is 10.1 Å². The number of unbranched alkanes of at least 4 members (excludes halogenated alkanes) is 1. The molecule has 0 unspecified atom stereocenters. The first-order chi connectivity index (χ1) is 11.2. The van der Waals surface area contributed by atoms with Crippen molar-refractivity contribution in [3.05, 3.63) is 29.2 Å². The minimum Gasteiger partial charge on any atom is -0.338 e. The summed E-state index contributed by atoms with van der Waals surface area (Å²) >= 11 is 0. The summed E-state index contributed by atoms with van der Waals surface area (Å²) in [5.41, 5.74) is 2.70. The van der Waals surface area contributed by atoms with Crippen LogP contribution in [0.5, 0.6) is 0 Å². The Kier molecular flexibility index (Phi) is 5.10. The van der Waals surface area contributed by atoms with E-state index in [0.29, 0.717) is 11.9 Å². The molecular weight excluding hydrogens is 290 g/mol. The Labute approximate surface area is 137 Å². The highest BCUT2D eigenvalue weighted by Gasteiger charge is 2.26. The van der Waals surface area contributed by atoms with Gasteiger partial charge in [0.1, 0.15) is 0 Å². The third-order valence-electron chi connectivity index (χ3n) is 4.62. The van der Waals surface area contributed by atoms with E-state index in [-0.39, 0.29) is 6.04 Å². The maximum absolute atomic E-state index is 5.43. The molecule has 3 rings (SSSR count). The van der Waals surface area contributed by atoms with Crippen LogP contribution in [0.2, 0.25) is 0 Å². The molecule has 0 amide bonds. The van der Waals surface area contributed by atoms with E-state index in [9.17, 15) is 0 Å². The van der Waals surface area contributed by atoms with E-state index < -0.39 is 0 Å². The van der Waals surface area contributed by atoms with Crippen LogP contribution in [-0.4, -0.2) is 19.9 Å². The lowest BCUT2D eigenvalue weighted by Gasteiger charge is -2.26. The molecular formula is C17H27N5O. The molecule has 2 aromatic heterocycles. The minimum absolute atomic E-state index is 0.0544. The molecule has 6 nitrogen and oxygen atoms in total. The molecule has 6 heteroatoms. The van der Waals surface area contributed by atoms with E-state index in [1.807, 2.05) is 6.20 Å². The quantitative estimate of drug-likeness (QED) is 0.848. The number of rotatable bonds is 7. The highest BCUT2D eigenvalue weighted by atomic mass is 16.5. The Morgan fingerprint density at radius 3 is 3.09 bits per heavy atom. The first-order valence-corrected chi connectivity index (χ1v) is 8.86. The van der Waals surface area contributed by atoms with Gasteiger partial charge in [-0.1, -0.05) is 18.5 Å². The normalized spacial score (nSPS) is 18.8. The summed E-state index contributed by atoms with van der Waals surface area (Å²) in [4.78, 5) is 4.53. The van der Waals surface area contributed by atoms with Crippen molar-refractivity contribution in [2.75, 3.05) is 0 Å². The minimum atomic E-state index is 0.0544. The van der Waals surface area contributed by atoms with Crippen molar-refractivity contribution in [1.29, 1.82) is 0 Å². The summed E-state index contributed by atoms with van der Waals surface area (Å²) in [6, 6.07) is 0.374. The number of aryl methyl sites for hydroxylation is 2. The third kappa shape index (κ3) is 3.47. The van der Waals surface area contributed by atoms with Crippen LogP contribution in [0.1, 0.15) is 81.5 Å². The van der Waals surface area contributed by atoms with Crippen LogP contribution < -0.4 is 5.32 Å². The average molecular weight is 317 g/mol. The monoisotopic (exact) mass is 317 g/mol. The van der Waals surface area contributed by atoms with Gasteiger partial charge in [0.25, 0.3) is 0 Å². The second-order valence-corrected chi connectivity index (χ2v) is 6.35. The Morgan fingerprint density at radius 1 is 1.43 bits per heavy atom. The smallest absolute Gasteiger partial charge is 0.243 e. The number of hydrogen-bond acceptors (Lipinski definition) is 5. The molecule has 0 bridgehead atoms. The maximum atomic E-state index is 5.43. The van der Waals surface area contributed by atoms with E-state index in [0.717, 1.165) is 44.5 Å². The zero-order chi connectivity index (χ0) is 16.2. The van der Waals surface area contributed by atoms with Crippen LogP contribution in [-0.2, 0) is 19.4 Å². The van der Waals surface area contributed by atoms with Gasteiger partial charge in [-0.15, -0.1) is 0 Å². The van der Waals surface area contributed by atoms with Crippen molar-refractivity contribution in [3.63, 3.8) is 0 Å². The van der Waals surface area contributed by atoms with Crippen molar-refractivity contribution in [3.8, 4) is 0 Å². The molecule has 1 aliphatic carbocycles. The Hall–Kier alpha value is -1.69. The molecule has 1 N–H and O–H groups in total. The molecule has 2 aromatic rings. The topological polar surface area (TPSA) is 68.8 Å². The number of hydrogen-bond donors (Lipinski definition) is 1. The molecule has 1 aliphatic rings. The van der Waals surface area contributed by atoms with Crippen molar-refractivity contribution < 1.29 is 4.52 Å². The molecule has 23 heavy (non-hydrogen) atoms. The fourth-order valence-electron chi connectivity index (χ4n) is 3.32. The predicted molar refractivity (Wildman–Crippen MR) is 88.0 cm³/mol. The molecule has 2 atom stereocenters. The van der Waals surface area contributed by atoms with Gasteiger partial charge in [-0.05, 0) is 39.5 Å². The largest absolute Gasteiger partial charge is 0.338 e. The fraction of sp³-hybridized carbons (Fsp3) is 0.706. The second-order valence-electron chi connectivity index (χ2n) is 6.35. The summed E-state index contributed by atoms with van der Waals surface area (Å²) in [6.45, 7) is 7.34. The molecule has 0 radical (unpaired) electrons. The van der Waals surface area contributed by atoms with Crippen LogP contribution in [0, 0.1) is 0 Å². The van der Waals surface area contributed by atoms with E-state index >= 15 is 0 Å². The Bertz CT molecular complexity index is 633. The lowest BCUT2D eigenvalue weighted by Crippen LogP contribution is -2.28. The Balaban J connectivity index is 1.68. The van der Waals surface area contributed by atoms with Crippen molar-refractivity contribution in [2.45, 2.75) is 77.9 Å². The molecule has 2 heterocycles. The molecule has 0 aromatic carbocycles. The summed E-state index contributed by atoms with van der Waals surface area (Å²) in [5, 5.41) is 12.2. The second kappa shape index (κ2) is 7.25. The SMILES string of the molecule is CCCCc1noc([C@H](C)N[C@H]2CCCc3c2cnn3CC)n1. The lowest BCUT2D eigenvalue weighted by atomic mass is 9.92.